The van der Waals surface area contributed by atoms with E-state index in [1.807, 2.05) is 60.7 Å². The summed E-state index contributed by atoms with van der Waals surface area (Å²) in [7, 11) is 0. The van der Waals surface area contributed by atoms with E-state index in [2.05, 4.69) is 16.5 Å². The highest BCUT2D eigenvalue weighted by Crippen LogP contribution is 2.41. The summed E-state index contributed by atoms with van der Waals surface area (Å²) in [6, 6.07) is 22.6. The third kappa shape index (κ3) is 3.45. The lowest BCUT2D eigenvalue weighted by Gasteiger charge is -2.29. The summed E-state index contributed by atoms with van der Waals surface area (Å²) in [4.78, 5) is 16.6. The number of carbonyl (C=O) groups excluding carboxylic acids is 1. The Labute approximate surface area is 182 Å². The van der Waals surface area contributed by atoms with Crippen LogP contribution >= 0.6 is 11.3 Å². The van der Waals surface area contributed by atoms with E-state index in [1.165, 1.54) is 16.3 Å². The van der Waals surface area contributed by atoms with Crippen molar-refractivity contribution >= 4 is 33.3 Å². The molecule has 1 amide bonds. The molecule has 152 valence electrons. The van der Waals surface area contributed by atoms with E-state index in [1.54, 1.807) is 6.07 Å². The van der Waals surface area contributed by atoms with Crippen molar-refractivity contribution in [3.05, 3.63) is 77.5 Å². The molecule has 2 aromatic carbocycles. The van der Waals surface area contributed by atoms with Gasteiger partial charge in [0.2, 0.25) is 5.91 Å². The fourth-order valence-electron chi connectivity index (χ4n) is 3.71. The van der Waals surface area contributed by atoms with Gasteiger partial charge in [0.05, 0.1) is 22.7 Å². The Hall–Kier alpha value is -3.96. The van der Waals surface area contributed by atoms with Crippen molar-refractivity contribution in [1.82, 2.24) is 15.4 Å². The number of nitrogens with one attached hydrogen (secondary N) is 2. The molecule has 0 saturated carbocycles. The van der Waals surface area contributed by atoms with Crippen molar-refractivity contribution in [3.63, 3.8) is 0 Å². The number of hydrogen-bond acceptors (Lipinski definition) is 6. The number of thiazole rings is 1. The van der Waals surface area contributed by atoms with Crippen LogP contribution in [0.4, 0.5) is 0 Å². The van der Waals surface area contributed by atoms with Crippen molar-refractivity contribution < 1.29 is 9.21 Å². The Balaban J connectivity index is 1.60. The van der Waals surface area contributed by atoms with Gasteiger partial charge < -0.3 is 4.42 Å². The van der Waals surface area contributed by atoms with Crippen LogP contribution in [0.3, 0.4) is 0 Å². The van der Waals surface area contributed by atoms with Gasteiger partial charge in [-0.05, 0) is 24.3 Å². The number of amides is 1. The van der Waals surface area contributed by atoms with E-state index < -0.39 is 12.0 Å². The minimum absolute atomic E-state index is 0.0409. The van der Waals surface area contributed by atoms with Gasteiger partial charge >= 0.3 is 0 Å². The first-order chi connectivity index (χ1) is 15.1. The quantitative estimate of drug-likeness (QED) is 0.483. The Kier molecular flexibility index (Phi) is 4.73. The topological polar surface area (TPSA) is 106 Å². The Bertz CT molecular complexity index is 1290. The molecule has 2 aromatic heterocycles. The van der Waals surface area contributed by atoms with Crippen LogP contribution in [0.25, 0.3) is 21.5 Å². The molecule has 4 aromatic rings. The second-order valence-corrected chi connectivity index (χ2v) is 8.23. The summed E-state index contributed by atoms with van der Waals surface area (Å²) >= 11 is 1.43. The predicted octanol–water partition coefficient (Wildman–Crippen LogP) is 4.62. The molecule has 8 heteroatoms. The number of hydrazine groups is 1. The first kappa shape index (κ1) is 19.0. The zero-order valence-electron chi connectivity index (χ0n) is 16.3. The zero-order valence-corrected chi connectivity index (χ0v) is 17.1. The van der Waals surface area contributed by atoms with Crippen LogP contribution < -0.4 is 5.43 Å². The molecule has 2 atom stereocenters. The number of nitriles is 1. The summed E-state index contributed by atoms with van der Waals surface area (Å²) in [5.74, 6) is 0.195. The van der Waals surface area contributed by atoms with E-state index in [-0.39, 0.29) is 18.2 Å². The fraction of sp³-hybridized carbons (Fsp3) is 0.130. The van der Waals surface area contributed by atoms with Gasteiger partial charge in [-0.1, -0.05) is 42.5 Å². The maximum absolute atomic E-state index is 12.0. The van der Waals surface area contributed by atoms with Gasteiger partial charge in [-0.15, -0.1) is 11.3 Å². The summed E-state index contributed by atoms with van der Waals surface area (Å²) in [5.41, 5.74) is 4.42. The Morgan fingerprint density at radius 3 is 2.61 bits per heavy atom. The summed E-state index contributed by atoms with van der Waals surface area (Å²) in [6.45, 7) is 0. The van der Waals surface area contributed by atoms with E-state index in [0.29, 0.717) is 16.5 Å². The molecule has 0 aliphatic carbocycles. The van der Waals surface area contributed by atoms with Crippen LogP contribution in [0.15, 0.2) is 71.1 Å². The van der Waals surface area contributed by atoms with Crippen LogP contribution in [0.2, 0.25) is 0 Å². The highest BCUT2D eigenvalue weighted by molar-refractivity contribution is 7.18. The maximum Gasteiger partial charge on any atom is 0.246 e. The molecule has 0 bridgehead atoms. The summed E-state index contributed by atoms with van der Waals surface area (Å²) in [5, 5.41) is 20.5. The highest BCUT2D eigenvalue weighted by atomic mass is 32.1. The number of carbonyl (C=O) groups is 1. The average Bonchev–Trinajstić information content (AvgIpc) is 3.50. The molecule has 1 aliphatic heterocycles. The number of rotatable bonds is 5. The molecule has 0 radical (unpaired) electrons. The average molecular weight is 427 g/mol. The second kappa shape index (κ2) is 7.70. The van der Waals surface area contributed by atoms with Gasteiger partial charge in [0, 0.05) is 5.56 Å². The van der Waals surface area contributed by atoms with Crippen molar-refractivity contribution in [2.45, 2.75) is 18.4 Å². The molecule has 1 saturated heterocycles. The van der Waals surface area contributed by atoms with Gasteiger partial charge in [0.1, 0.15) is 34.3 Å². The number of fused-ring (bicyclic) bond motifs is 1. The van der Waals surface area contributed by atoms with Gasteiger partial charge in [0.15, 0.2) is 0 Å². The number of aromatic nitrogens is 1. The highest BCUT2D eigenvalue weighted by Gasteiger charge is 2.40. The number of hydrogen-bond donors (Lipinski definition) is 2. The molecule has 0 unspecified atom stereocenters. The smallest absolute Gasteiger partial charge is 0.246 e. The molecule has 0 spiro atoms. The Morgan fingerprint density at radius 2 is 1.90 bits per heavy atom. The molecular formula is C23H17N5O2S. The molecule has 1 fully saturated rings. The molecule has 5 rings (SSSR count). The fourth-order valence-corrected chi connectivity index (χ4v) is 4.75. The van der Waals surface area contributed by atoms with E-state index in [9.17, 15) is 10.1 Å². The normalized spacial score (nSPS) is 15.6. The van der Waals surface area contributed by atoms with E-state index >= 15 is 0 Å². The third-order valence-corrected chi connectivity index (χ3v) is 6.27. The third-order valence-electron chi connectivity index (χ3n) is 5.15. The predicted molar refractivity (Wildman–Crippen MR) is 117 cm³/mol. The molecule has 2 N–H and O–H groups in total. The number of para-hydroxylation sites is 1. The van der Waals surface area contributed by atoms with Crippen molar-refractivity contribution in [1.29, 1.82) is 10.7 Å². The van der Waals surface area contributed by atoms with Crippen molar-refractivity contribution in [2.75, 3.05) is 0 Å². The molecule has 1 aliphatic rings. The molecular weight excluding hydrogens is 410 g/mol. The molecule has 3 heterocycles. The zero-order chi connectivity index (χ0) is 21.4. The first-order valence-corrected chi connectivity index (χ1v) is 10.5. The lowest BCUT2D eigenvalue weighted by Crippen LogP contribution is -2.41. The van der Waals surface area contributed by atoms with Gasteiger partial charge in [-0.2, -0.15) is 5.26 Å². The van der Waals surface area contributed by atoms with Crippen LogP contribution in [0, 0.1) is 16.7 Å². The number of nitrogens with zero attached hydrogens (tertiary/aromatic N) is 3. The Morgan fingerprint density at radius 1 is 1.13 bits per heavy atom. The second-order valence-electron chi connectivity index (χ2n) is 7.17. The van der Waals surface area contributed by atoms with Crippen LogP contribution in [-0.2, 0) is 4.79 Å². The standard InChI is InChI=1S/C23H17N5O2S/c24-13-15(23-26-16-8-4-5-9-19(16)31-23)22(28-20(25)12-21(29)27-28)18-11-10-17(30-18)14-6-2-1-3-7-14/h1-11,15,22,25H,12H2,(H,27,29)/t15-,22-/m0/s1. The number of amidine groups is 1. The number of furan rings is 1. The largest absolute Gasteiger partial charge is 0.459 e. The summed E-state index contributed by atoms with van der Waals surface area (Å²) < 4.78 is 7.12. The van der Waals surface area contributed by atoms with Crippen LogP contribution in [0.5, 0.6) is 0 Å². The van der Waals surface area contributed by atoms with Crippen LogP contribution in [-0.4, -0.2) is 21.7 Å². The minimum Gasteiger partial charge on any atom is -0.459 e. The van der Waals surface area contributed by atoms with E-state index in [4.69, 9.17) is 9.83 Å². The maximum atomic E-state index is 12.0. The lowest BCUT2D eigenvalue weighted by molar-refractivity contribution is -0.121. The number of benzene rings is 2. The molecule has 31 heavy (non-hydrogen) atoms. The lowest BCUT2D eigenvalue weighted by atomic mass is 9.99. The minimum atomic E-state index is -0.745. The van der Waals surface area contributed by atoms with Gasteiger partial charge in [0.25, 0.3) is 0 Å². The molecule has 7 nitrogen and oxygen atoms in total. The summed E-state index contributed by atoms with van der Waals surface area (Å²) in [6.07, 6.45) is -0.0409. The van der Waals surface area contributed by atoms with Gasteiger partial charge in [-0.25, -0.2) is 4.98 Å². The van der Waals surface area contributed by atoms with Crippen molar-refractivity contribution in [2.24, 2.45) is 0 Å². The van der Waals surface area contributed by atoms with Gasteiger partial charge in [-0.3, -0.25) is 20.6 Å². The monoisotopic (exact) mass is 427 g/mol. The van der Waals surface area contributed by atoms with Crippen molar-refractivity contribution in [3.8, 4) is 17.4 Å². The van der Waals surface area contributed by atoms with E-state index in [0.717, 1.165) is 15.8 Å². The first-order valence-electron chi connectivity index (χ1n) is 9.70. The van der Waals surface area contributed by atoms with Crippen LogP contribution in [0.1, 0.15) is 29.1 Å². The SMILES string of the molecule is N#C[C@H](c1nc2ccccc2s1)[C@@H](c1ccc(-c2ccccc2)o1)N1NC(=O)CC1=N.